The Morgan fingerprint density at radius 1 is 0.160 bits per heavy atom. The van der Waals surface area contributed by atoms with Crippen LogP contribution in [0.5, 0.6) is 0 Å². The number of rotatable bonds is 6. The number of fused-ring (bicyclic) bond motifs is 18. The van der Waals surface area contributed by atoms with Gasteiger partial charge in [-0.15, -0.1) is 0 Å². The molecule has 464 valence electrons. The highest BCUT2D eigenvalue weighted by molar-refractivity contribution is 6.25. The molecule has 0 bridgehead atoms. The Morgan fingerprint density at radius 3 is 0.830 bits per heavy atom. The van der Waals surface area contributed by atoms with E-state index < -0.39 is 0 Å². The van der Waals surface area contributed by atoms with E-state index in [-0.39, 0.29) is 0 Å². The topological polar surface area (TPSA) is 36.1 Å². The second kappa shape index (κ2) is 22.1. The summed E-state index contributed by atoms with van der Waals surface area (Å²) in [5.74, 6) is 0. The number of benzene rings is 18. The molecule has 0 radical (unpaired) electrons. The number of hydrogen-bond acceptors (Lipinski definition) is 2. The van der Waals surface area contributed by atoms with Crippen molar-refractivity contribution in [3.8, 4) is 55.9 Å². The van der Waals surface area contributed by atoms with E-state index in [0.29, 0.717) is 0 Å². The van der Waals surface area contributed by atoms with Crippen LogP contribution >= 0.6 is 0 Å². The molecule has 4 nitrogen and oxygen atoms in total. The van der Waals surface area contributed by atoms with Gasteiger partial charge < -0.3 is 18.0 Å². The summed E-state index contributed by atoms with van der Waals surface area (Å²) in [5.41, 5.74) is 20.7. The fraction of sp³-hybridized carbons (Fsp3) is 0. The van der Waals surface area contributed by atoms with Crippen molar-refractivity contribution in [2.45, 2.75) is 0 Å². The van der Waals surface area contributed by atoms with E-state index in [1.54, 1.807) is 0 Å². The molecule has 22 rings (SSSR count). The molecule has 0 atom stereocenters. The number of furan rings is 2. The lowest BCUT2D eigenvalue weighted by Crippen LogP contribution is -1.94. The van der Waals surface area contributed by atoms with Gasteiger partial charge >= 0.3 is 0 Å². The van der Waals surface area contributed by atoms with Gasteiger partial charge in [0.05, 0.1) is 22.1 Å². The van der Waals surface area contributed by atoms with E-state index in [4.69, 9.17) is 8.83 Å². The van der Waals surface area contributed by atoms with Gasteiger partial charge in [0.25, 0.3) is 0 Å². The Hall–Kier alpha value is -13.3. The third-order valence-electron chi connectivity index (χ3n) is 21.1. The molecule has 0 saturated carbocycles. The van der Waals surface area contributed by atoms with Gasteiger partial charge in [-0.3, -0.25) is 0 Å². The zero-order valence-electron chi connectivity index (χ0n) is 54.2. The minimum Gasteiger partial charge on any atom is -0.456 e. The van der Waals surface area contributed by atoms with Crippen molar-refractivity contribution in [1.82, 2.24) is 9.13 Å². The van der Waals surface area contributed by atoms with Crippen molar-refractivity contribution in [3.63, 3.8) is 0 Å². The van der Waals surface area contributed by atoms with Gasteiger partial charge in [0, 0.05) is 54.5 Å². The van der Waals surface area contributed by atoms with Gasteiger partial charge in [-0.1, -0.05) is 249 Å². The zero-order valence-corrected chi connectivity index (χ0v) is 54.2. The molecular weight excluding hydrogens is 1210 g/mol. The Kier molecular flexibility index (Phi) is 12.4. The molecule has 4 aromatic heterocycles. The van der Waals surface area contributed by atoms with Crippen LogP contribution in [0.1, 0.15) is 0 Å². The highest BCUT2D eigenvalue weighted by Crippen LogP contribution is 2.49. The maximum atomic E-state index is 6.40. The van der Waals surface area contributed by atoms with Crippen LogP contribution in [0.25, 0.3) is 208 Å². The van der Waals surface area contributed by atoms with Crippen molar-refractivity contribution in [2.24, 2.45) is 0 Å². The summed E-state index contributed by atoms with van der Waals surface area (Å²) in [6.45, 7) is 0. The number of aromatic nitrogens is 2. The van der Waals surface area contributed by atoms with Crippen LogP contribution in [0.2, 0.25) is 0 Å². The lowest BCUT2D eigenvalue weighted by molar-refractivity contribution is 0.669. The molecule has 4 heterocycles. The maximum absolute atomic E-state index is 6.40. The normalized spacial score (nSPS) is 12.0. The van der Waals surface area contributed by atoms with E-state index >= 15 is 0 Å². The highest BCUT2D eigenvalue weighted by atomic mass is 16.3. The molecule has 0 N–H and O–H groups in total. The first-order valence-electron chi connectivity index (χ1n) is 34.4. The molecule has 100 heavy (non-hydrogen) atoms. The molecule has 0 spiro atoms. The van der Waals surface area contributed by atoms with Gasteiger partial charge in [0.15, 0.2) is 0 Å². The molecule has 0 saturated heterocycles. The fourth-order valence-corrected chi connectivity index (χ4v) is 16.7. The molecule has 22 aromatic rings. The quantitative estimate of drug-likeness (QED) is 0.156. The van der Waals surface area contributed by atoms with Crippen LogP contribution < -0.4 is 0 Å². The van der Waals surface area contributed by atoms with E-state index in [1.807, 2.05) is 0 Å². The summed E-state index contributed by atoms with van der Waals surface area (Å²) >= 11 is 0. The predicted molar refractivity (Wildman–Crippen MR) is 423 cm³/mol. The highest BCUT2D eigenvalue weighted by Gasteiger charge is 2.23. The van der Waals surface area contributed by atoms with Gasteiger partial charge in [0.1, 0.15) is 22.3 Å². The molecular formula is C96H58N2O2. The summed E-state index contributed by atoms with van der Waals surface area (Å²) < 4.78 is 17.5. The van der Waals surface area contributed by atoms with E-state index in [0.717, 1.165) is 49.6 Å². The molecule has 0 fully saturated rings. The Morgan fingerprint density at radius 2 is 0.430 bits per heavy atom. The predicted octanol–water partition coefficient (Wildman–Crippen LogP) is 27.0. The lowest BCUT2D eigenvalue weighted by atomic mass is 9.85. The number of para-hydroxylation sites is 4. The van der Waals surface area contributed by atoms with Crippen LogP contribution in [-0.2, 0) is 0 Å². The number of nitrogens with zero attached hydrogens (tertiary/aromatic N) is 2. The molecule has 0 aliphatic rings. The fourth-order valence-electron chi connectivity index (χ4n) is 16.7. The van der Waals surface area contributed by atoms with Gasteiger partial charge in [-0.05, 0) is 212 Å². The molecule has 0 amide bonds. The summed E-state index contributed by atoms with van der Waals surface area (Å²) in [6.07, 6.45) is 0. The average molecular weight is 1270 g/mol. The Balaban J connectivity index is 0.000000131. The van der Waals surface area contributed by atoms with Crippen molar-refractivity contribution in [3.05, 3.63) is 352 Å². The van der Waals surface area contributed by atoms with E-state index in [2.05, 4.69) is 361 Å². The second-order valence-corrected chi connectivity index (χ2v) is 26.5. The number of hydrogen-bond donors (Lipinski definition) is 0. The minimum atomic E-state index is 0.909. The van der Waals surface area contributed by atoms with Crippen LogP contribution in [0.4, 0.5) is 0 Å². The van der Waals surface area contributed by atoms with Gasteiger partial charge in [-0.2, -0.15) is 0 Å². The molecule has 18 aromatic carbocycles. The Bertz CT molecular complexity index is 6980. The first kappa shape index (κ1) is 55.9. The van der Waals surface area contributed by atoms with E-state index in [9.17, 15) is 0 Å². The lowest BCUT2D eigenvalue weighted by Gasteiger charge is -2.18. The average Bonchev–Trinajstić information content (AvgIpc) is 1.23. The van der Waals surface area contributed by atoms with Crippen molar-refractivity contribution in [2.75, 3.05) is 0 Å². The van der Waals surface area contributed by atoms with Crippen molar-refractivity contribution < 1.29 is 8.83 Å². The third-order valence-corrected chi connectivity index (χ3v) is 21.1. The maximum Gasteiger partial charge on any atom is 0.136 e. The van der Waals surface area contributed by atoms with Crippen LogP contribution in [0.3, 0.4) is 0 Å². The third kappa shape index (κ3) is 8.60. The van der Waals surface area contributed by atoms with Gasteiger partial charge in [-0.25, -0.2) is 0 Å². The van der Waals surface area contributed by atoms with E-state index in [1.165, 1.54) is 158 Å². The van der Waals surface area contributed by atoms with Crippen molar-refractivity contribution >= 4 is 152 Å². The standard InChI is InChI=1S/2C48H29NO/c1-2-12-32-29-46-42(27-31(32)11-1)41-28-33(23-26-45(41)50-46)48-39-17-5-3-15-37(39)47(38-16-4-6-18-40(38)48)30-21-24-34(25-22-30)49-43-19-9-7-13-35(43)36-14-8-10-20-44(36)49;1-2-14-34(15-3-1)49-43-21-11-10-16-35(43)40-27-32(22-24-44(40)49)47-36-17-6-8-19-38(36)48(39-20-9-7-18-37(39)47)33-23-25-45-41(28-33)42-26-30-12-4-5-13-31(30)29-46(42)50-45/h2*1-29H. The van der Waals surface area contributed by atoms with Crippen LogP contribution in [-0.4, -0.2) is 9.13 Å². The van der Waals surface area contributed by atoms with Gasteiger partial charge in [0.2, 0.25) is 0 Å². The molecule has 0 unspecified atom stereocenters. The summed E-state index contributed by atoms with van der Waals surface area (Å²) in [7, 11) is 0. The van der Waals surface area contributed by atoms with Crippen LogP contribution in [0, 0.1) is 0 Å². The van der Waals surface area contributed by atoms with Crippen LogP contribution in [0.15, 0.2) is 361 Å². The monoisotopic (exact) mass is 1270 g/mol. The zero-order chi connectivity index (χ0) is 65.5. The summed E-state index contributed by atoms with van der Waals surface area (Å²) in [6, 6.07) is 128. The Labute approximate surface area is 574 Å². The summed E-state index contributed by atoms with van der Waals surface area (Å²) in [4.78, 5) is 0. The first-order chi connectivity index (χ1) is 49.6. The summed E-state index contributed by atoms with van der Waals surface area (Å²) in [5, 5.41) is 24.4. The second-order valence-electron chi connectivity index (χ2n) is 26.5. The SMILES string of the molecule is c1ccc(-n2c3ccccc3c3cc(-c4c5ccccc5c(-c5ccc6oc7cc8ccccc8cc7c6c5)c5ccccc45)ccc32)cc1.c1ccc2cc3c(cc2c1)oc1ccc(-c2c4ccccc4c(-c4ccc(-n5c6ccccc6c6ccccc65)cc4)c4ccccc24)cc13. The smallest absolute Gasteiger partial charge is 0.136 e. The molecule has 4 heteroatoms. The van der Waals surface area contributed by atoms with Crippen molar-refractivity contribution in [1.29, 1.82) is 0 Å². The largest absolute Gasteiger partial charge is 0.456 e. The first-order valence-corrected chi connectivity index (χ1v) is 34.4. The molecule has 0 aliphatic carbocycles. The molecule has 0 aliphatic heterocycles. The minimum absolute atomic E-state index is 0.909.